The number of halogens is 2. The van der Waals surface area contributed by atoms with Gasteiger partial charge in [0.25, 0.3) is 11.4 Å². The first-order valence-electron chi connectivity index (χ1n) is 11.1. The molecule has 34 heavy (non-hydrogen) atoms. The van der Waals surface area contributed by atoms with Gasteiger partial charge in [0.05, 0.1) is 21.9 Å². The summed E-state index contributed by atoms with van der Waals surface area (Å²) in [4.78, 5) is 24.2. The molecule has 0 bridgehead atoms. The van der Waals surface area contributed by atoms with Gasteiger partial charge in [-0.05, 0) is 72.6 Å². The predicted molar refractivity (Wildman–Crippen MR) is 132 cm³/mol. The first kappa shape index (κ1) is 22.6. The van der Waals surface area contributed by atoms with Gasteiger partial charge in [-0.15, -0.1) is 0 Å². The van der Waals surface area contributed by atoms with Crippen LogP contribution in [0.5, 0.6) is 0 Å². The summed E-state index contributed by atoms with van der Waals surface area (Å²) in [5.74, 6) is 0.622. The molecule has 0 aromatic heterocycles. The van der Waals surface area contributed by atoms with Gasteiger partial charge in [0.15, 0.2) is 0 Å². The second-order valence-electron chi connectivity index (χ2n) is 8.82. The Bertz CT molecular complexity index is 1210. The van der Waals surface area contributed by atoms with Crippen molar-refractivity contribution < 1.29 is 9.85 Å². The highest BCUT2D eigenvalue weighted by atomic mass is 35.5. The maximum atomic E-state index is 11.5. The van der Waals surface area contributed by atoms with E-state index in [0.29, 0.717) is 5.92 Å². The molecule has 9 heteroatoms. The van der Waals surface area contributed by atoms with Gasteiger partial charge < -0.3 is 4.90 Å². The van der Waals surface area contributed by atoms with Crippen LogP contribution < -0.4 is 4.90 Å². The molecule has 2 fully saturated rings. The van der Waals surface area contributed by atoms with E-state index in [0.717, 1.165) is 29.7 Å². The van der Waals surface area contributed by atoms with Crippen molar-refractivity contribution in [3.8, 4) is 0 Å². The van der Waals surface area contributed by atoms with Crippen LogP contribution in [-0.4, -0.2) is 9.85 Å². The Morgan fingerprint density at radius 3 is 1.53 bits per heavy atom. The fourth-order valence-electron chi connectivity index (χ4n) is 4.91. The minimum absolute atomic E-state index is 0.0944. The van der Waals surface area contributed by atoms with E-state index in [2.05, 4.69) is 29.2 Å². The van der Waals surface area contributed by atoms with Crippen molar-refractivity contribution in [2.75, 3.05) is 4.90 Å². The Labute approximate surface area is 206 Å². The zero-order chi connectivity index (χ0) is 24.0. The second kappa shape index (κ2) is 8.89. The third kappa shape index (κ3) is 4.21. The number of benzene rings is 3. The number of nitrogens with zero attached hydrogens (tertiary/aromatic N) is 3. The first-order valence-corrected chi connectivity index (χ1v) is 11.8. The summed E-state index contributed by atoms with van der Waals surface area (Å²) in [5, 5.41) is 23.2. The molecule has 0 N–H and O–H groups in total. The van der Waals surface area contributed by atoms with Gasteiger partial charge in [-0.1, -0.05) is 47.5 Å². The SMILES string of the molecule is O=[N+]([O-])c1cc([C@H]2CC[C@H](c3ccc(Cl)c([N+](=O)[O-])c3)N2c2ccc(C3CC3)cc2)ccc1Cl. The first-order chi connectivity index (χ1) is 16.3. The largest absolute Gasteiger partial charge is 0.357 e. The Morgan fingerprint density at radius 2 is 1.12 bits per heavy atom. The van der Waals surface area contributed by atoms with Gasteiger partial charge in [0, 0.05) is 17.8 Å². The molecule has 1 saturated carbocycles. The Hall–Kier alpha value is -3.16. The van der Waals surface area contributed by atoms with Crippen molar-refractivity contribution in [3.63, 3.8) is 0 Å². The zero-order valence-corrected chi connectivity index (χ0v) is 19.6. The van der Waals surface area contributed by atoms with Crippen LogP contribution in [0.4, 0.5) is 17.1 Å². The molecule has 1 saturated heterocycles. The lowest BCUT2D eigenvalue weighted by Gasteiger charge is -2.33. The minimum Gasteiger partial charge on any atom is -0.357 e. The normalized spacial score (nSPS) is 19.9. The summed E-state index contributed by atoms with van der Waals surface area (Å²) in [6.07, 6.45) is 3.86. The smallest absolute Gasteiger partial charge is 0.288 e. The van der Waals surface area contributed by atoms with Crippen LogP contribution in [0.2, 0.25) is 10.0 Å². The van der Waals surface area contributed by atoms with Crippen molar-refractivity contribution >= 4 is 40.3 Å². The van der Waals surface area contributed by atoms with E-state index in [1.54, 1.807) is 12.1 Å². The van der Waals surface area contributed by atoms with E-state index < -0.39 is 9.85 Å². The maximum absolute atomic E-state index is 11.5. The van der Waals surface area contributed by atoms with E-state index >= 15 is 0 Å². The fourth-order valence-corrected chi connectivity index (χ4v) is 5.29. The molecule has 1 aliphatic heterocycles. The Morgan fingerprint density at radius 1 is 0.676 bits per heavy atom. The van der Waals surface area contributed by atoms with Crippen LogP contribution in [0.1, 0.15) is 60.4 Å². The zero-order valence-electron chi connectivity index (χ0n) is 18.1. The van der Waals surface area contributed by atoms with Gasteiger partial charge in [-0.25, -0.2) is 0 Å². The molecule has 7 nitrogen and oxygen atoms in total. The summed E-state index contributed by atoms with van der Waals surface area (Å²) in [7, 11) is 0. The monoisotopic (exact) mass is 497 g/mol. The molecule has 2 atom stereocenters. The van der Waals surface area contributed by atoms with Crippen LogP contribution in [0.3, 0.4) is 0 Å². The van der Waals surface area contributed by atoms with Crippen molar-refractivity contribution in [2.24, 2.45) is 0 Å². The predicted octanol–water partition coefficient (Wildman–Crippen LogP) is 7.77. The molecule has 5 rings (SSSR count). The molecule has 1 aliphatic carbocycles. The fraction of sp³-hybridized carbons (Fsp3) is 0.280. The molecule has 0 spiro atoms. The van der Waals surface area contributed by atoms with Gasteiger partial charge >= 0.3 is 0 Å². The number of nitro groups is 2. The number of hydrogen-bond acceptors (Lipinski definition) is 5. The van der Waals surface area contributed by atoms with Crippen LogP contribution in [-0.2, 0) is 0 Å². The summed E-state index contributed by atoms with van der Waals surface area (Å²) < 4.78 is 0. The lowest BCUT2D eigenvalue weighted by Crippen LogP contribution is -2.26. The van der Waals surface area contributed by atoms with E-state index in [-0.39, 0.29) is 33.5 Å². The summed E-state index contributed by atoms with van der Waals surface area (Å²) in [6, 6.07) is 17.9. The van der Waals surface area contributed by atoms with E-state index in [4.69, 9.17) is 23.2 Å². The highest BCUT2D eigenvalue weighted by Crippen LogP contribution is 2.49. The average molecular weight is 498 g/mol. The van der Waals surface area contributed by atoms with Crippen molar-refractivity contribution in [3.05, 3.63) is 108 Å². The van der Waals surface area contributed by atoms with Gasteiger partial charge in [0.1, 0.15) is 10.0 Å². The van der Waals surface area contributed by atoms with E-state index in [9.17, 15) is 20.2 Å². The molecule has 0 unspecified atom stereocenters. The maximum Gasteiger partial charge on any atom is 0.288 e. The summed E-state index contributed by atoms with van der Waals surface area (Å²) in [6.45, 7) is 0. The van der Waals surface area contributed by atoms with Gasteiger partial charge in [-0.2, -0.15) is 0 Å². The highest BCUT2D eigenvalue weighted by Gasteiger charge is 2.37. The molecule has 3 aromatic carbocycles. The summed E-state index contributed by atoms with van der Waals surface area (Å²) in [5.41, 5.74) is 3.58. The third-order valence-electron chi connectivity index (χ3n) is 6.73. The van der Waals surface area contributed by atoms with Crippen LogP contribution in [0.25, 0.3) is 0 Å². The van der Waals surface area contributed by atoms with Crippen molar-refractivity contribution in [2.45, 2.75) is 43.7 Å². The Balaban J connectivity index is 1.58. The van der Waals surface area contributed by atoms with Crippen LogP contribution in [0.15, 0.2) is 60.7 Å². The number of nitro benzene ring substituents is 2. The van der Waals surface area contributed by atoms with E-state index in [1.165, 1.54) is 30.5 Å². The number of hydrogen-bond donors (Lipinski definition) is 0. The van der Waals surface area contributed by atoms with E-state index in [1.807, 2.05) is 12.1 Å². The molecular weight excluding hydrogens is 477 g/mol. The quantitative estimate of drug-likeness (QED) is 0.256. The lowest BCUT2D eigenvalue weighted by atomic mass is 10.0. The lowest BCUT2D eigenvalue weighted by molar-refractivity contribution is -0.384. The molecule has 1 heterocycles. The number of rotatable bonds is 6. The van der Waals surface area contributed by atoms with Gasteiger partial charge in [0.2, 0.25) is 0 Å². The van der Waals surface area contributed by atoms with Crippen LogP contribution in [0, 0.1) is 20.2 Å². The number of anilines is 1. The topological polar surface area (TPSA) is 89.5 Å². The molecule has 2 aliphatic rings. The molecular formula is C25H21Cl2N3O4. The molecule has 3 aromatic rings. The Kier molecular flexibility index (Phi) is 5.91. The molecule has 0 amide bonds. The average Bonchev–Trinajstić information content (AvgIpc) is 3.58. The van der Waals surface area contributed by atoms with Crippen molar-refractivity contribution in [1.29, 1.82) is 0 Å². The van der Waals surface area contributed by atoms with Gasteiger partial charge in [-0.3, -0.25) is 20.2 Å². The standard InChI is InChI=1S/C25H21Cl2N3O4/c26-20-9-5-17(13-24(20)29(31)32)22-11-12-23(18-6-10-21(27)25(14-18)30(33)34)28(22)19-7-3-16(4-8-19)15-1-2-15/h3-10,13-15,22-23H,1-2,11-12H2/t22-,23-/m1/s1. The molecule has 0 radical (unpaired) electrons. The van der Waals surface area contributed by atoms with Crippen molar-refractivity contribution in [1.82, 2.24) is 0 Å². The second-order valence-corrected chi connectivity index (χ2v) is 9.63. The summed E-state index contributed by atoms with van der Waals surface area (Å²) >= 11 is 12.1. The van der Waals surface area contributed by atoms with Crippen LogP contribution >= 0.6 is 23.2 Å². The molecule has 174 valence electrons. The minimum atomic E-state index is -0.477. The third-order valence-corrected chi connectivity index (χ3v) is 7.37. The highest BCUT2D eigenvalue weighted by molar-refractivity contribution is 6.33.